The van der Waals surface area contributed by atoms with Crippen molar-refractivity contribution in [3.63, 3.8) is 0 Å². The maximum atomic E-state index is 14.3. The molecule has 3 unspecified atom stereocenters. The van der Waals surface area contributed by atoms with Crippen LogP contribution in [-0.2, 0) is 18.0 Å². The fraction of sp³-hybridized carbons (Fsp3) is 0.419. The SMILES string of the molecule is Cc1nc2ccc(Oc3ccc4ncc(-c5cnn(CC6CCNCC6F)c5)nc4c3Cl)cc2n1COC(C)C[Si](C)C. The summed E-state index contributed by atoms with van der Waals surface area (Å²) in [7, 11) is -0.372. The van der Waals surface area contributed by atoms with Gasteiger partial charge < -0.3 is 19.4 Å². The number of aryl methyl sites for hydroxylation is 1. The second kappa shape index (κ2) is 12.7. The van der Waals surface area contributed by atoms with Gasteiger partial charge in [-0.05, 0) is 57.1 Å². The van der Waals surface area contributed by atoms with Crippen molar-refractivity contribution < 1.29 is 13.9 Å². The summed E-state index contributed by atoms with van der Waals surface area (Å²) >= 11 is 6.85. The van der Waals surface area contributed by atoms with Gasteiger partial charge in [-0.25, -0.2) is 14.4 Å². The van der Waals surface area contributed by atoms with Gasteiger partial charge in [-0.1, -0.05) is 24.7 Å². The molecule has 1 N–H and O–H groups in total. The molecule has 1 aliphatic rings. The number of hydrogen-bond donors (Lipinski definition) is 1. The van der Waals surface area contributed by atoms with Crippen LogP contribution < -0.4 is 10.1 Å². The number of halogens is 2. The van der Waals surface area contributed by atoms with Gasteiger partial charge in [-0.15, -0.1) is 0 Å². The molecule has 0 aliphatic carbocycles. The lowest BCUT2D eigenvalue weighted by Gasteiger charge is -2.26. The van der Waals surface area contributed by atoms with Crippen molar-refractivity contribution in [3.05, 3.63) is 59.8 Å². The molecule has 3 atom stereocenters. The van der Waals surface area contributed by atoms with Gasteiger partial charge in [0.2, 0.25) is 0 Å². The molecule has 0 spiro atoms. The van der Waals surface area contributed by atoms with E-state index in [9.17, 15) is 4.39 Å². The minimum absolute atomic E-state index is 0.0605. The first kappa shape index (κ1) is 29.7. The Bertz CT molecular complexity index is 1740. The molecule has 4 heterocycles. The van der Waals surface area contributed by atoms with Crippen LogP contribution in [0.15, 0.2) is 48.9 Å². The van der Waals surface area contributed by atoms with Crippen LogP contribution in [0.2, 0.25) is 24.2 Å². The minimum Gasteiger partial charge on any atom is -0.456 e. The number of ether oxygens (including phenoxy) is 2. The zero-order valence-corrected chi connectivity index (χ0v) is 26.6. The van der Waals surface area contributed by atoms with Crippen molar-refractivity contribution >= 4 is 42.5 Å². The van der Waals surface area contributed by atoms with Crippen molar-refractivity contribution in [1.29, 1.82) is 0 Å². The van der Waals surface area contributed by atoms with Gasteiger partial charge >= 0.3 is 0 Å². The Morgan fingerprint density at radius 3 is 2.81 bits per heavy atom. The lowest BCUT2D eigenvalue weighted by molar-refractivity contribution is 0.0295. The Kier molecular flexibility index (Phi) is 8.76. The number of nitrogens with zero attached hydrogens (tertiary/aromatic N) is 6. The Morgan fingerprint density at radius 1 is 1.16 bits per heavy atom. The summed E-state index contributed by atoms with van der Waals surface area (Å²) in [5, 5.41) is 7.92. The van der Waals surface area contributed by atoms with Crippen molar-refractivity contribution in [3.8, 4) is 22.8 Å². The fourth-order valence-corrected chi connectivity index (χ4v) is 7.08. The van der Waals surface area contributed by atoms with Gasteiger partial charge in [-0.3, -0.25) is 9.67 Å². The summed E-state index contributed by atoms with van der Waals surface area (Å²) in [5.74, 6) is 1.93. The average molecular weight is 621 g/mol. The molecule has 6 rings (SSSR count). The van der Waals surface area contributed by atoms with Gasteiger partial charge in [0.25, 0.3) is 0 Å². The van der Waals surface area contributed by atoms with E-state index in [1.807, 2.05) is 37.4 Å². The molecule has 9 nitrogen and oxygen atoms in total. The predicted octanol–water partition coefficient (Wildman–Crippen LogP) is 6.66. The number of piperidine rings is 1. The summed E-state index contributed by atoms with van der Waals surface area (Å²) in [6.45, 7) is 10.9. The van der Waals surface area contributed by atoms with E-state index < -0.39 is 6.17 Å². The maximum Gasteiger partial charge on any atom is 0.148 e. The van der Waals surface area contributed by atoms with Crippen LogP contribution in [0.1, 0.15) is 19.2 Å². The number of imidazole rings is 1. The zero-order chi connectivity index (χ0) is 30.1. The van der Waals surface area contributed by atoms with Gasteiger partial charge in [0, 0.05) is 45.6 Å². The number of alkyl halides is 1. The van der Waals surface area contributed by atoms with Crippen LogP contribution in [0, 0.1) is 12.8 Å². The minimum atomic E-state index is -0.878. The zero-order valence-electron chi connectivity index (χ0n) is 24.8. The number of nitrogens with one attached hydrogen (secondary N) is 1. The maximum absolute atomic E-state index is 14.3. The fourth-order valence-electron chi connectivity index (χ4n) is 5.57. The molecule has 0 saturated carbocycles. The van der Waals surface area contributed by atoms with Crippen molar-refractivity contribution in [2.45, 2.75) is 65.0 Å². The third kappa shape index (κ3) is 6.59. The average Bonchev–Trinajstić information content (AvgIpc) is 3.57. The summed E-state index contributed by atoms with van der Waals surface area (Å²) in [5.41, 5.74) is 4.42. The van der Waals surface area contributed by atoms with Crippen LogP contribution in [0.4, 0.5) is 4.39 Å². The number of fused-ring (bicyclic) bond motifs is 2. The molecule has 12 heteroatoms. The molecule has 3 aromatic heterocycles. The number of rotatable bonds is 10. The van der Waals surface area contributed by atoms with E-state index in [0.717, 1.165) is 41.4 Å². The Labute approximate surface area is 257 Å². The third-order valence-electron chi connectivity index (χ3n) is 7.83. The van der Waals surface area contributed by atoms with Crippen molar-refractivity contribution in [2.75, 3.05) is 13.1 Å². The van der Waals surface area contributed by atoms with E-state index >= 15 is 0 Å². The van der Waals surface area contributed by atoms with E-state index in [-0.39, 0.29) is 20.8 Å². The molecule has 0 amide bonds. The topological polar surface area (TPSA) is 91.9 Å². The summed E-state index contributed by atoms with van der Waals surface area (Å²) in [6, 6.07) is 10.5. The molecular formula is C31H36ClFN7O2Si. The summed E-state index contributed by atoms with van der Waals surface area (Å²) in [4.78, 5) is 14.1. The molecule has 225 valence electrons. The van der Waals surface area contributed by atoms with E-state index in [2.05, 4.69) is 40.0 Å². The van der Waals surface area contributed by atoms with Crippen LogP contribution >= 0.6 is 11.6 Å². The van der Waals surface area contributed by atoms with Gasteiger partial charge in [0.1, 0.15) is 40.8 Å². The molecule has 0 bridgehead atoms. The normalized spacial score (nSPS) is 18.1. The summed E-state index contributed by atoms with van der Waals surface area (Å²) < 4.78 is 30.6. The van der Waals surface area contributed by atoms with Crippen LogP contribution in [0.3, 0.4) is 0 Å². The highest BCUT2D eigenvalue weighted by atomic mass is 35.5. The molecule has 43 heavy (non-hydrogen) atoms. The van der Waals surface area contributed by atoms with Gasteiger partial charge in [0.15, 0.2) is 0 Å². The van der Waals surface area contributed by atoms with Crippen LogP contribution in [-0.4, -0.2) is 63.5 Å². The highest BCUT2D eigenvalue weighted by molar-refractivity contribution is 6.55. The Balaban J connectivity index is 1.22. The first-order valence-corrected chi connectivity index (χ1v) is 17.7. The molecule has 5 aromatic rings. The van der Waals surface area contributed by atoms with Crippen molar-refractivity contribution in [1.82, 2.24) is 34.6 Å². The third-order valence-corrected chi connectivity index (χ3v) is 9.59. The standard InChI is InChI=1S/C31H36ClFN7O2Si/c1-19(17-43(3)4)41-18-40-20(2)37-25-6-5-23(11-28(25)40)42-29-8-7-26-31(30(29)32)38-27(14-35-26)22-12-36-39(16-22)15-21-9-10-34-13-24(21)33/h5-8,11-12,14,16,19,21,24,34H,9-10,13,15,17-18H2,1-4H3. The van der Waals surface area contributed by atoms with Crippen LogP contribution in [0.25, 0.3) is 33.3 Å². The second-order valence-corrected chi connectivity index (χ2v) is 14.8. The highest BCUT2D eigenvalue weighted by Gasteiger charge is 2.25. The van der Waals surface area contributed by atoms with E-state index in [4.69, 9.17) is 31.0 Å². The molecule has 1 saturated heterocycles. The van der Waals surface area contributed by atoms with Crippen molar-refractivity contribution in [2.24, 2.45) is 5.92 Å². The largest absolute Gasteiger partial charge is 0.456 e. The number of hydrogen-bond acceptors (Lipinski definition) is 7. The predicted molar refractivity (Wildman–Crippen MR) is 169 cm³/mol. The highest BCUT2D eigenvalue weighted by Crippen LogP contribution is 2.36. The first-order chi connectivity index (χ1) is 20.7. The monoisotopic (exact) mass is 620 g/mol. The Morgan fingerprint density at radius 2 is 2.00 bits per heavy atom. The number of aromatic nitrogens is 6. The van der Waals surface area contributed by atoms with E-state index in [0.29, 0.717) is 53.1 Å². The molecule has 1 fully saturated rings. The smallest absolute Gasteiger partial charge is 0.148 e. The first-order valence-electron chi connectivity index (χ1n) is 14.6. The Hall–Kier alpha value is -3.38. The molecule has 1 radical (unpaired) electrons. The van der Waals surface area contributed by atoms with E-state index in [1.165, 1.54) is 0 Å². The molecule has 1 aliphatic heterocycles. The molecular weight excluding hydrogens is 585 g/mol. The van der Waals surface area contributed by atoms with E-state index in [1.54, 1.807) is 23.1 Å². The van der Waals surface area contributed by atoms with Gasteiger partial charge in [0.05, 0.1) is 40.7 Å². The molecule has 2 aromatic carbocycles. The quantitative estimate of drug-likeness (QED) is 0.175. The number of benzene rings is 2. The lowest BCUT2D eigenvalue weighted by atomic mass is 9.96. The summed E-state index contributed by atoms with van der Waals surface area (Å²) in [6.07, 6.45) is 5.41. The lowest BCUT2D eigenvalue weighted by Crippen LogP contribution is -2.39. The van der Waals surface area contributed by atoms with Crippen LogP contribution in [0.5, 0.6) is 11.5 Å². The second-order valence-electron chi connectivity index (χ2n) is 11.6. The van der Waals surface area contributed by atoms with Gasteiger partial charge in [-0.2, -0.15) is 5.10 Å².